The monoisotopic (exact) mass is 298 g/mol. The molecular weight excluding hydrogens is 272 g/mol. The van der Waals surface area contributed by atoms with Crippen molar-refractivity contribution in [1.82, 2.24) is 10.6 Å². The Balaban J connectivity index is 1.84. The fraction of sp³-hybridized carbons (Fsp3) is 0.867. The van der Waals surface area contributed by atoms with Gasteiger partial charge in [0.05, 0.1) is 4.75 Å². The topological polar surface area (TPSA) is 58.2 Å². The minimum absolute atomic E-state index is 0.0546. The maximum Gasteiger partial charge on any atom is 0.243 e. The summed E-state index contributed by atoms with van der Waals surface area (Å²) in [7, 11) is 0. The van der Waals surface area contributed by atoms with Gasteiger partial charge in [0.2, 0.25) is 11.8 Å². The zero-order valence-corrected chi connectivity index (χ0v) is 14.1. The number of hydrogen-bond acceptors (Lipinski definition) is 3. The summed E-state index contributed by atoms with van der Waals surface area (Å²) in [6.45, 7) is 13.4. The summed E-state index contributed by atoms with van der Waals surface area (Å²) in [5.41, 5.74) is 0.541. The van der Waals surface area contributed by atoms with Crippen LogP contribution in [-0.2, 0) is 9.59 Å². The molecule has 2 fully saturated rings. The van der Waals surface area contributed by atoms with E-state index >= 15 is 0 Å². The van der Waals surface area contributed by atoms with Crippen molar-refractivity contribution < 1.29 is 9.59 Å². The highest BCUT2D eigenvalue weighted by Gasteiger charge is 2.64. The molecule has 1 heterocycles. The van der Waals surface area contributed by atoms with E-state index in [9.17, 15) is 9.59 Å². The molecule has 2 amide bonds. The molecule has 1 aliphatic heterocycles. The molecule has 0 bridgehead atoms. The standard InChI is InChI=1S/C15H26N2O2S/c1-13(2)10(14(13,3)4)7-16-11(18)9-8-20-15(5,6)12(19)17-9/h9-10H,7-8H2,1-6H3,(H,16,18)(H,17,19)/t9-/m1/s1. The van der Waals surface area contributed by atoms with Crippen LogP contribution in [0, 0.1) is 16.7 Å². The van der Waals surface area contributed by atoms with Gasteiger partial charge in [0, 0.05) is 12.3 Å². The van der Waals surface area contributed by atoms with E-state index in [0.717, 1.165) is 0 Å². The van der Waals surface area contributed by atoms with Crippen molar-refractivity contribution >= 4 is 23.6 Å². The van der Waals surface area contributed by atoms with Crippen LogP contribution >= 0.6 is 11.8 Å². The first-order valence-corrected chi connectivity index (χ1v) is 8.21. The Bertz CT molecular complexity index is 429. The fourth-order valence-corrected chi connectivity index (χ4v) is 4.05. The molecule has 0 aromatic rings. The molecule has 2 rings (SSSR count). The van der Waals surface area contributed by atoms with Crippen LogP contribution in [0.5, 0.6) is 0 Å². The zero-order valence-electron chi connectivity index (χ0n) is 13.3. The van der Waals surface area contributed by atoms with Crippen LogP contribution in [0.2, 0.25) is 0 Å². The third kappa shape index (κ3) is 2.45. The number of hydrogen-bond donors (Lipinski definition) is 2. The van der Waals surface area contributed by atoms with Crippen molar-refractivity contribution in [2.45, 2.75) is 52.3 Å². The Kier molecular flexibility index (Phi) is 3.64. The molecule has 0 aromatic carbocycles. The summed E-state index contributed by atoms with van der Waals surface area (Å²) in [5, 5.41) is 5.83. The van der Waals surface area contributed by atoms with Crippen molar-refractivity contribution in [2.24, 2.45) is 16.7 Å². The van der Waals surface area contributed by atoms with E-state index in [1.165, 1.54) is 0 Å². The van der Waals surface area contributed by atoms with Gasteiger partial charge in [-0.15, -0.1) is 11.8 Å². The Morgan fingerprint density at radius 2 is 1.80 bits per heavy atom. The Morgan fingerprint density at radius 1 is 1.25 bits per heavy atom. The second kappa shape index (κ2) is 4.65. The van der Waals surface area contributed by atoms with Gasteiger partial charge in [-0.25, -0.2) is 0 Å². The highest BCUT2D eigenvalue weighted by molar-refractivity contribution is 8.01. The molecule has 1 saturated carbocycles. The maximum atomic E-state index is 12.2. The van der Waals surface area contributed by atoms with Crippen molar-refractivity contribution in [3.05, 3.63) is 0 Å². The lowest BCUT2D eigenvalue weighted by molar-refractivity contribution is -0.129. The van der Waals surface area contributed by atoms with Gasteiger partial charge in [0.25, 0.3) is 0 Å². The third-order valence-corrected chi connectivity index (χ3v) is 6.99. The van der Waals surface area contributed by atoms with Gasteiger partial charge in [-0.2, -0.15) is 0 Å². The van der Waals surface area contributed by atoms with Gasteiger partial charge in [-0.05, 0) is 30.6 Å². The number of nitrogens with one attached hydrogen (secondary N) is 2. The lowest BCUT2D eigenvalue weighted by Crippen LogP contribution is -2.57. The zero-order chi connectivity index (χ0) is 15.3. The largest absolute Gasteiger partial charge is 0.354 e. The van der Waals surface area contributed by atoms with Crippen LogP contribution in [0.4, 0.5) is 0 Å². The normalized spacial score (nSPS) is 30.5. The van der Waals surface area contributed by atoms with Gasteiger partial charge in [0.1, 0.15) is 6.04 Å². The first kappa shape index (κ1) is 15.7. The van der Waals surface area contributed by atoms with Gasteiger partial charge >= 0.3 is 0 Å². The van der Waals surface area contributed by atoms with Crippen molar-refractivity contribution in [1.29, 1.82) is 0 Å². The van der Waals surface area contributed by atoms with Gasteiger partial charge in [-0.1, -0.05) is 27.7 Å². The van der Waals surface area contributed by atoms with Crippen LogP contribution in [-0.4, -0.2) is 34.9 Å². The molecule has 0 unspecified atom stereocenters. The van der Waals surface area contributed by atoms with Crippen molar-refractivity contribution in [3.63, 3.8) is 0 Å². The van der Waals surface area contributed by atoms with Crippen molar-refractivity contribution in [3.8, 4) is 0 Å². The first-order valence-electron chi connectivity index (χ1n) is 7.23. The number of amides is 2. The summed E-state index contributed by atoms with van der Waals surface area (Å²) < 4.78 is -0.433. The predicted molar refractivity (Wildman–Crippen MR) is 82.5 cm³/mol. The minimum atomic E-state index is -0.433. The maximum absolute atomic E-state index is 12.2. The van der Waals surface area contributed by atoms with Crippen LogP contribution in [0.25, 0.3) is 0 Å². The molecule has 4 nitrogen and oxygen atoms in total. The molecule has 0 aromatic heterocycles. The number of thioether (sulfide) groups is 1. The van der Waals surface area contributed by atoms with E-state index < -0.39 is 10.8 Å². The highest BCUT2D eigenvalue weighted by Crippen LogP contribution is 2.67. The molecule has 2 aliphatic rings. The quantitative estimate of drug-likeness (QED) is 0.835. The van der Waals surface area contributed by atoms with Crippen LogP contribution in [0.15, 0.2) is 0 Å². The second-order valence-electron chi connectivity index (χ2n) is 7.59. The molecule has 114 valence electrons. The Hall–Kier alpha value is -0.710. The van der Waals surface area contributed by atoms with E-state index in [1.807, 2.05) is 13.8 Å². The van der Waals surface area contributed by atoms with E-state index in [1.54, 1.807) is 11.8 Å². The van der Waals surface area contributed by atoms with Gasteiger partial charge < -0.3 is 10.6 Å². The Morgan fingerprint density at radius 3 is 2.25 bits per heavy atom. The number of carbonyl (C=O) groups is 2. The SMILES string of the molecule is CC1(C)SC[C@H](C(=O)NCC2C(C)(C)C2(C)C)NC1=O. The molecule has 0 spiro atoms. The number of rotatable bonds is 3. The van der Waals surface area contributed by atoms with Crippen LogP contribution < -0.4 is 10.6 Å². The lowest BCUT2D eigenvalue weighted by Gasteiger charge is -2.32. The molecule has 0 radical (unpaired) electrons. The van der Waals surface area contributed by atoms with E-state index in [-0.39, 0.29) is 22.6 Å². The predicted octanol–water partition coefficient (Wildman–Crippen LogP) is 1.79. The van der Waals surface area contributed by atoms with Crippen molar-refractivity contribution in [2.75, 3.05) is 12.3 Å². The summed E-state index contributed by atoms with van der Waals surface area (Å²) in [6.07, 6.45) is 0. The van der Waals surface area contributed by atoms with Crippen LogP contribution in [0.1, 0.15) is 41.5 Å². The van der Waals surface area contributed by atoms with E-state index in [0.29, 0.717) is 18.2 Å². The molecule has 20 heavy (non-hydrogen) atoms. The summed E-state index contributed by atoms with van der Waals surface area (Å²) in [5.74, 6) is 1.03. The van der Waals surface area contributed by atoms with Gasteiger partial charge in [-0.3, -0.25) is 9.59 Å². The Labute approximate surface area is 125 Å². The highest BCUT2D eigenvalue weighted by atomic mass is 32.2. The molecule has 1 atom stereocenters. The van der Waals surface area contributed by atoms with Crippen LogP contribution in [0.3, 0.4) is 0 Å². The van der Waals surface area contributed by atoms with E-state index in [2.05, 4.69) is 38.3 Å². The first-order chi connectivity index (χ1) is 9.00. The fourth-order valence-electron chi connectivity index (χ4n) is 3.04. The molecule has 1 aliphatic carbocycles. The summed E-state index contributed by atoms with van der Waals surface area (Å²) in [4.78, 5) is 24.0. The minimum Gasteiger partial charge on any atom is -0.354 e. The second-order valence-corrected chi connectivity index (χ2v) is 9.23. The summed E-state index contributed by atoms with van der Waals surface area (Å²) >= 11 is 1.54. The summed E-state index contributed by atoms with van der Waals surface area (Å²) in [6, 6.07) is -0.398. The van der Waals surface area contributed by atoms with E-state index in [4.69, 9.17) is 0 Å². The van der Waals surface area contributed by atoms with Gasteiger partial charge in [0.15, 0.2) is 0 Å². The third-order valence-electron chi connectivity index (χ3n) is 5.58. The molecule has 1 saturated heterocycles. The number of carbonyl (C=O) groups excluding carboxylic acids is 2. The molecular formula is C15H26N2O2S. The molecule has 2 N–H and O–H groups in total. The lowest BCUT2D eigenvalue weighted by atomic mass is 10.0. The average molecular weight is 298 g/mol. The smallest absolute Gasteiger partial charge is 0.243 e. The molecule has 5 heteroatoms. The average Bonchev–Trinajstić information content (AvgIpc) is 2.70.